The zero-order valence-corrected chi connectivity index (χ0v) is 16.1. The molecule has 2 amide bonds. The predicted molar refractivity (Wildman–Crippen MR) is 104 cm³/mol. The van der Waals surface area contributed by atoms with Crippen LogP contribution in [0, 0.1) is 12.7 Å². The monoisotopic (exact) mass is 372 g/mol. The lowest BCUT2D eigenvalue weighted by Crippen LogP contribution is -2.27. The van der Waals surface area contributed by atoms with Gasteiger partial charge in [0.15, 0.2) is 0 Å². The highest BCUT2D eigenvalue weighted by atomic mass is 19.1. The SMILES string of the molecule is Cc1cccc(CCC(=O)Nc2cc(F)ccc2NC(=O)OC(C)(C)C)c1. The zero-order valence-electron chi connectivity index (χ0n) is 16.1. The third kappa shape index (κ3) is 7.09. The minimum atomic E-state index is -0.677. The first-order valence-corrected chi connectivity index (χ1v) is 8.77. The highest BCUT2D eigenvalue weighted by Crippen LogP contribution is 2.24. The molecule has 2 N–H and O–H groups in total. The van der Waals surface area contributed by atoms with Gasteiger partial charge in [0.2, 0.25) is 5.91 Å². The number of hydrogen-bond acceptors (Lipinski definition) is 3. The smallest absolute Gasteiger partial charge is 0.412 e. The number of carbonyl (C=O) groups excluding carboxylic acids is 2. The Hall–Kier alpha value is -2.89. The van der Waals surface area contributed by atoms with Crippen LogP contribution in [0.3, 0.4) is 0 Å². The molecular formula is C21H25FN2O3. The molecular weight excluding hydrogens is 347 g/mol. The Labute approximate surface area is 158 Å². The number of hydrogen-bond donors (Lipinski definition) is 2. The standard InChI is InChI=1S/C21H25FN2O3/c1-14-6-5-7-15(12-14)8-11-19(25)23-18-13-16(22)9-10-17(18)24-20(26)27-21(2,3)4/h5-7,9-10,12-13H,8,11H2,1-4H3,(H,23,25)(H,24,26). The van der Waals surface area contributed by atoms with E-state index in [1.807, 2.05) is 31.2 Å². The van der Waals surface area contributed by atoms with Gasteiger partial charge in [0.05, 0.1) is 11.4 Å². The largest absolute Gasteiger partial charge is 0.444 e. The van der Waals surface area contributed by atoms with E-state index in [9.17, 15) is 14.0 Å². The molecule has 0 fully saturated rings. The van der Waals surface area contributed by atoms with Crippen molar-refractivity contribution < 1.29 is 18.7 Å². The molecule has 0 radical (unpaired) electrons. The summed E-state index contributed by atoms with van der Waals surface area (Å²) in [5, 5.41) is 5.19. The van der Waals surface area contributed by atoms with Gasteiger partial charge in [-0.1, -0.05) is 29.8 Å². The average Bonchev–Trinajstić information content (AvgIpc) is 2.54. The number of ether oxygens (including phenoxy) is 1. The Morgan fingerprint density at radius 3 is 2.44 bits per heavy atom. The van der Waals surface area contributed by atoms with Crippen molar-refractivity contribution in [1.82, 2.24) is 0 Å². The molecule has 6 heteroatoms. The van der Waals surface area contributed by atoms with Crippen LogP contribution in [0.4, 0.5) is 20.6 Å². The number of halogens is 1. The van der Waals surface area contributed by atoms with E-state index in [0.717, 1.165) is 17.2 Å². The van der Waals surface area contributed by atoms with Crippen molar-refractivity contribution in [2.24, 2.45) is 0 Å². The molecule has 0 spiro atoms. The maximum Gasteiger partial charge on any atom is 0.412 e. The molecule has 5 nitrogen and oxygen atoms in total. The molecule has 0 aromatic heterocycles. The fourth-order valence-electron chi connectivity index (χ4n) is 2.48. The van der Waals surface area contributed by atoms with Gasteiger partial charge in [-0.3, -0.25) is 10.1 Å². The fourth-order valence-corrected chi connectivity index (χ4v) is 2.48. The first-order chi connectivity index (χ1) is 12.6. The average molecular weight is 372 g/mol. The lowest BCUT2D eigenvalue weighted by Gasteiger charge is -2.20. The highest BCUT2D eigenvalue weighted by Gasteiger charge is 2.18. The second kappa shape index (κ2) is 8.66. The maximum absolute atomic E-state index is 13.6. The Kier molecular flexibility index (Phi) is 6.55. The van der Waals surface area contributed by atoms with Crippen LogP contribution < -0.4 is 10.6 Å². The molecule has 0 aliphatic heterocycles. The van der Waals surface area contributed by atoms with E-state index < -0.39 is 17.5 Å². The van der Waals surface area contributed by atoms with E-state index in [4.69, 9.17) is 4.74 Å². The molecule has 0 heterocycles. The van der Waals surface area contributed by atoms with Crippen LogP contribution in [-0.2, 0) is 16.0 Å². The van der Waals surface area contributed by atoms with E-state index >= 15 is 0 Å². The van der Waals surface area contributed by atoms with Gasteiger partial charge in [-0.2, -0.15) is 0 Å². The summed E-state index contributed by atoms with van der Waals surface area (Å²) in [6, 6.07) is 11.7. The first-order valence-electron chi connectivity index (χ1n) is 8.77. The van der Waals surface area contributed by atoms with Gasteiger partial charge in [0.25, 0.3) is 0 Å². The summed E-state index contributed by atoms with van der Waals surface area (Å²) in [5.74, 6) is -0.784. The fraction of sp³-hybridized carbons (Fsp3) is 0.333. The number of amides is 2. The van der Waals surface area contributed by atoms with Crippen LogP contribution in [0.25, 0.3) is 0 Å². The first kappa shape index (κ1) is 20.4. The molecule has 2 aromatic carbocycles. The Morgan fingerprint density at radius 1 is 1.04 bits per heavy atom. The summed E-state index contributed by atoms with van der Waals surface area (Å²) < 4.78 is 18.8. The molecule has 2 rings (SSSR count). The molecule has 144 valence electrons. The molecule has 0 saturated carbocycles. The lowest BCUT2D eigenvalue weighted by molar-refractivity contribution is -0.116. The molecule has 0 atom stereocenters. The Balaban J connectivity index is 2.03. The maximum atomic E-state index is 13.6. The highest BCUT2D eigenvalue weighted by molar-refractivity contribution is 5.97. The van der Waals surface area contributed by atoms with Crippen molar-refractivity contribution in [3.63, 3.8) is 0 Å². The molecule has 2 aromatic rings. The van der Waals surface area contributed by atoms with Crippen LogP contribution in [0.1, 0.15) is 38.3 Å². The van der Waals surface area contributed by atoms with Crippen LogP contribution in [0.5, 0.6) is 0 Å². The molecule has 0 aliphatic rings. The van der Waals surface area contributed by atoms with E-state index in [0.29, 0.717) is 6.42 Å². The van der Waals surface area contributed by atoms with Crippen molar-refractivity contribution in [1.29, 1.82) is 0 Å². The Bertz CT molecular complexity index is 828. The molecule has 27 heavy (non-hydrogen) atoms. The second-order valence-electron chi connectivity index (χ2n) is 7.35. The third-order valence-corrected chi connectivity index (χ3v) is 3.61. The zero-order chi connectivity index (χ0) is 20.0. The summed E-state index contributed by atoms with van der Waals surface area (Å²) in [6.45, 7) is 7.21. The summed E-state index contributed by atoms with van der Waals surface area (Å²) in [7, 11) is 0. The molecule has 0 bridgehead atoms. The predicted octanol–water partition coefficient (Wildman–Crippen LogP) is 5.05. The number of rotatable bonds is 5. The topological polar surface area (TPSA) is 67.4 Å². The van der Waals surface area contributed by atoms with Gasteiger partial charge in [-0.05, 0) is 57.9 Å². The Morgan fingerprint density at radius 2 is 1.78 bits per heavy atom. The van der Waals surface area contributed by atoms with Gasteiger partial charge >= 0.3 is 6.09 Å². The number of aryl methyl sites for hydroxylation is 2. The lowest BCUT2D eigenvalue weighted by atomic mass is 10.1. The quantitative estimate of drug-likeness (QED) is 0.771. The van der Waals surface area contributed by atoms with Gasteiger partial charge in [0.1, 0.15) is 11.4 Å². The number of nitrogens with one attached hydrogen (secondary N) is 2. The second-order valence-corrected chi connectivity index (χ2v) is 7.35. The molecule has 0 saturated heterocycles. The third-order valence-electron chi connectivity index (χ3n) is 3.61. The van der Waals surface area contributed by atoms with E-state index in [2.05, 4.69) is 10.6 Å². The summed E-state index contributed by atoms with van der Waals surface area (Å²) >= 11 is 0. The van der Waals surface area contributed by atoms with Crippen LogP contribution in [-0.4, -0.2) is 17.6 Å². The minimum Gasteiger partial charge on any atom is -0.444 e. The molecule has 0 unspecified atom stereocenters. The van der Waals surface area contributed by atoms with E-state index in [-0.39, 0.29) is 23.7 Å². The summed E-state index contributed by atoms with van der Waals surface area (Å²) in [6.07, 6.45) is 0.133. The summed E-state index contributed by atoms with van der Waals surface area (Å²) in [5.41, 5.74) is 1.98. The van der Waals surface area contributed by atoms with Gasteiger partial charge in [-0.15, -0.1) is 0 Å². The van der Waals surface area contributed by atoms with Gasteiger partial charge in [-0.25, -0.2) is 9.18 Å². The van der Waals surface area contributed by atoms with Crippen molar-refractivity contribution in [2.75, 3.05) is 10.6 Å². The van der Waals surface area contributed by atoms with Crippen LogP contribution in [0.15, 0.2) is 42.5 Å². The number of carbonyl (C=O) groups is 2. The summed E-state index contributed by atoms with van der Waals surface area (Å²) in [4.78, 5) is 24.2. The van der Waals surface area contributed by atoms with E-state index in [1.165, 1.54) is 12.1 Å². The molecule has 0 aliphatic carbocycles. The number of benzene rings is 2. The normalized spacial score (nSPS) is 11.0. The van der Waals surface area contributed by atoms with Crippen molar-refractivity contribution in [2.45, 2.75) is 46.1 Å². The van der Waals surface area contributed by atoms with Crippen molar-refractivity contribution >= 4 is 23.4 Å². The van der Waals surface area contributed by atoms with E-state index in [1.54, 1.807) is 20.8 Å². The van der Waals surface area contributed by atoms with Crippen LogP contribution >= 0.6 is 0 Å². The van der Waals surface area contributed by atoms with Crippen molar-refractivity contribution in [3.8, 4) is 0 Å². The minimum absolute atomic E-state index is 0.190. The van der Waals surface area contributed by atoms with Crippen molar-refractivity contribution in [3.05, 3.63) is 59.4 Å². The van der Waals surface area contributed by atoms with Gasteiger partial charge in [0, 0.05) is 6.42 Å². The van der Waals surface area contributed by atoms with Gasteiger partial charge < -0.3 is 10.1 Å². The number of anilines is 2. The van der Waals surface area contributed by atoms with Crippen LogP contribution in [0.2, 0.25) is 0 Å².